The molecular formula is C33H26N2O7S. The van der Waals surface area contributed by atoms with Gasteiger partial charge in [-0.25, -0.2) is 4.98 Å². The molecule has 9 nitrogen and oxygen atoms in total. The highest BCUT2D eigenvalue weighted by Crippen LogP contribution is 2.45. The highest BCUT2D eigenvalue weighted by Gasteiger charge is 2.54. The number of aryl methyl sites for hydroxylation is 1. The molecular weight excluding hydrogens is 568 g/mol. The molecule has 1 aliphatic rings. The summed E-state index contributed by atoms with van der Waals surface area (Å²) in [6.07, 6.45) is 0. The molecule has 216 valence electrons. The van der Waals surface area contributed by atoms with E-state index >= 15 is 0 Å². The molecule has 2 aromatic heterocycles. The number of furan rings is 1. The summed E-state index contributed by atoms with van der Waals surface area (Å²) in [6, 6.07) is 22.2. The Kier molecular flexibility index (Phi) is 7.37. The highest BCUT2D eigenvalue weighted by molar-refractivity contribution is 7.18. The molecule has 0 radical (unpaired) electrons. The molecule has 43 heavy (non-hydrogen) atoms. The van der Waals surface area contributed by atoms with Crippen LogP contribution in [-0.2, 0) is 16.2 Å². The number of carbonyl (C=O) groups excluding carboxylic acids is 4. The van der Waals surface area contributed by atoms with Crippen LogP contribution >= 0.6 is 11.3 Å². The van der Waals surface area contributed by atoms with Crippen LogP contribution in [0.4, 0.5) is 5.13 Å². The number of hydrogen-bond acceptors (Lipinski definition) is 9. The van der Waals surface area contributed by atoms with Crippen LogP contribution in [0, 0.1) is 12.8 Å². The Morgan fingerprint density at radius 1 is 0.977 bits per heavy atom. The number of rotatable bonds is 9. The van der Waals surface area contributed by atoms with E-state index in [1.54, 1.807) is 49.4 Å². The molecule has 1 amide bonds. The number of fused-ring (bicyclic) bond motifs is 1. The average Bonchev–Trinajstić information content (AvgIpc) is 3.70. The van der Waals surface area contributed by atoms with Crippen molar-refractivity contribution in [1.82, 2.24) is 4.98 Å². The third kappa shape index (κ3) is 5.10. The molecule has 2 atom stereocenters. The quantitative estimate of drug-likeness (QED) is 0.113. The first-order valence-electron chi connectivity index (χ1n) is 13.5. The predicted octanol–water partition coefficient (Wildman–Crippen LogP) is 6.14. The maximum atomic E-state index is 14.0. The molecule has 5 aromatic rings. The van der Waals surface area contributed by atoms with Crippen molar-refractivity contribution in [3.05, 3.63) is 106 Å². The van der Waals surface area contributed by atoms with E-state index in [-0.39, 0.29) is 16.7 Å². The molecule has 3 heterocycles. The van der Waals surface area contributed by atoms with Crippen LogP contribution in [-0.4, -0.2) is 35.4 Å². The Bertz CT molecular complexity index is 1860. The molecule has 0 aliphatic carbocycles. The van der Waals surface area contributed by atoms with E-state index in [2.05, 4.69) is 4.98 Å². The van der Waals surface area contributed by atoms with E-state index in [0.717, 1.165) is 16.9 Å². The lowest BCUT2D eigenvalue weighted by Gasteiger charge is -2.25. The number of aromatic nitrogens is 1. The second-order valence-electron chi connectivity index (χ2n) is 10.1. The van der Waals surface area contributed by atoms with Gasteiger partial charge in [-0.15, -0.1) is 0 Å². The lowest BCUT2D eigenvalue weighted by Crippen LogP contribution is -2.30. The van der Waals surface area contributed by atoms with Gasteiger partial charge in [0.05, 0.1) is 23.7 Å². The largest absolute Gasteiger partial charge is 0.493 e. The summed E-state index contributed by atoms with van der Waals surface area (Å²) < 4.78 is 17.4. The summed E-state index contributed by atoms with van der Waals surface area (Å²) in [6.45, 7) is 3.36. The molecule has 6 rings (SSSR count). The van der Waals surface area contributed by atoms with Gasteiger partial charge in [-0.1, -0.05) is 65.9 Å². The number of para-hydroxylation sites is 1. The summed E-state index contributed by atoms with van der Waals surface area (Å²) in [4.78, 5) is 59.4. The number of benzene rings is 3. The lowest BCUT2D eigenvalue weighted by atomic mass is 9.88. The number of carbonyl (C=O) groups is 4. The number of thiazole rings is 1. The molecule has 1 fully saturated rings. The third-order valence-corrected chi connectivity index (χ3v) is 8.59. The number of amides is 1. The summed E-state index contributed by atoms with van der Waals surface area (Å²) in [7, 11) is 1.48. The SMILES string of the molecule is COc1cc(C2C(C(=O)c3cc4ccccc4o3)C(=O)C(=O)N2c2nc(C)c(C(C)=O)s2)ccc1OCc1ccccc1. The van der Waals surface area contributed by atoms with E-state index < -0.39 is 29.4 Å². The summed E-state index contributed by atoms with van der Waals surface area (Å²) >= 11 is 1.00. The minimum atomic E-state index is -1.43. The molecule has 3 aromatic carbocycles. The molecule has 0 N–H and O–H groups in total. The van der Waals surface area contributed by atoms with Gasteiger partial charge in [-0.05, 0) is 42.3 Å². The van der Waals surface area contributed by atoms with E-state index in [1.165, 1.54) is 18.9 Å². The maximum Gasteiger partial charge on any atom is 0.297 e. The van der Waals surface area contributed by atoms with Crippen LogP contribution in [0.25, 0.3) is 11.0 Å². The van der Waals surface area contributed by atoms with Crippen molar-refractivity contribution >= 4 is 50.7 Å². The zero-order chi connectivity index (χ0) is 30.2. The molecule has 0 spiro atoms. The van der Waals surface area contributed by atoms with Gasteiger partial charge in [0.25, 0.3) is 5.91 Å². The fraction of sp³-hybridized carbons (Fsp3) is 0.182. The van der Waals surface area contributed by atoms with Crippen LogP contribution in [0.5, 0.6) is 11.5 Å². The van der Waals surface area contributed by atoms with Crippen molar-refractivity contribution in [2.24, 2.45) is 5.92 Å². The van der Waals surface area contributed by atoms with Crippen molar-refractivity contribution in [1.29, 1.82) is 0 Å². The first kappa shape index (κ1) is 28.0. The number of hydrogen-bond donors (Lipinski definition) is 0. The van der Waals surface area contributed by atoms with Crippen LogP contribution in [0.15, 0.2) is 83.3 Å². The minimum Gasteiger partial charge on any atom is -0.493 e. The minimum absolute atomic E-state index is 0.0336. The van der Waals surface area contributed by atoms with Gasteiger partial charge >= 0.3 is 0 Å². The number of nitrogens with zero attached hydrogens (tertiary/aromatic N) is 2. The Morgan fingerprint density at radius 3 is 2.42 bits per heavy atom. The summed E-state index contributed by atoms with van der Waals surface area (Å²) in [5, 5.41) is 0.841. The molecule has 2 unspecified atom stereocenters. The Labute approximate surface area is 250 Å². The Hall–Kier alpha value is -5.09. The zero-order valence-corrected chi connectivity index (χ0v) is 24.3. The van der Waals surface area contributed by atoms with Crippen molar-refractivity contribution < 1.29 is 33.1 Å². The van der Waals surface area contributed by atoms with Gasteiger partial charge < -0.3 is 13.9 Å². The third-order valence-electron chi connectivity index (χ3n) is 7.33. The Morgan fingerprint density at radius 2 is 1.72 bits per heavy atom. The van der Waals surface area contributed by atoms with Crippen molar-refractivity contribution in [2.45, 2.75) is 26.5 Å². The van der Waals surface area contributed by atoms with Gasteiger partial charge in [0.2, 0.25) is 11.6 Å². The van der Waals surface area contributed by atoms with Crippen LogP contribution in [0.3, 0.4) is 0 Å². The van der Waals surface area contributed by atoms with Gasteiger partial charge in [0.15, 0.2) is 28.2 Å². The zero-order valence-electron chi connectivity index (χ0n) is 23.5. The predicted molar refractivity (Wildman–Crippen MR) is 160 cm³/mol. The van der Waals surface area contributed by atoms with Gasteiger partial charge in [-0.3, -0.25) is 24.1 Å². The second-order valence-corrected chi connectivity index (χ2v) is 11.1. The second kappa shape index (κ2) is 11.3. The van der Waals surface area contributed by atoms with Gasteiger partial charge in [-0.2, -0.15) is 0 Å². The van der Waals surface area contributed by atoms with Crippen LogP contribution in [0.2, 0.25) is 0 Å². The molecule has 0 saturated carbocycles. The summed E-state index contributed by atoms with van der Waals surface area (Å²) in [5.74, 6) is -3.30. The van der Waals surface area contributed by atoms with Crippen LogP contribution < -0.4 is 14.4 Å². The number of Topliss-reactive ketones (excluding diaryl/α,β-unsaturated/α-hetero) is 3. The first-order valence-corrected chi connectivity index (χ1v) is 14.3. The van der Waals surface area contributed by atoms with Crippen molar-refractivity contribution in [2.75, 3.05) is 12.0 Å². The molecule has 10 heteroatoms. The normalized spacial score (nSPS) is 16.6. The fourth-order valence-electron chi connectivity index (χ4n) is 5.27. The van der Waals surface area contributed by atoms with E-state index in [1.807, 2.05) is 36.4 Å². The number of ketones is 3. The molecule has 1 saturated heterocycles. The first-order chi connectivity index (χ1) is 20.8. The van der Waals surface area contributed by atoms with Gasteiger partial charge in [0.1, 0.15) is 18.1 Å². The standard InChI is InChI=1S/C33H26N2O7S/c1-18-31(19(2)36)43-33(34-18)35-28(22-13-14-24(25(16-22)40-3)41-17-20-9-5-4-6-10-20)27(30(38)32(35)39)29(37)26-15-21-11-7-8-12-23(21)42-26/h4-16,27-28H,17H2,1-3H3. The topological polar surface area (TPSA) is 116 Å². The molecule has 0 bridgehead atoms. The van der Waals surface area contributed by atoms with E-state index in [9.17, 15) is 19.2 Å². The van der Waals surface area contributed by atoms with E-state index in [4.69, 9.17) is 13.9 Å². The highest BCUT2D eigenvalue weighted by atomic mass is 32.1. The fourth-order valence-corrected chi connectivity index (χ4v) is 6.27. The van der Waals surface area contributed by atoms with Crippen molar-refractivity contribution in [3.8, 4) is 11.5 Å². The van der Waals surface area contributed by atoms with E-state index in [0.29, 0.717) is 45.2 Å². The van der Waals surface area contributed by atoms with Crippen molar-refractivity contribution in [3.63, 3.8) is 0 Å². The van der Waals surface area contributed by atoms with Gasteiger partial charge in [0, 0.05) is 12.3 Å². The summed E-state index contributed by atoms with van der Waals surface area (Å²) in [5.41, 5.74) is 2.33. The molecule has 1 aliphatic heterocycles. The number of anilines is 1. The maximum absolute atomic E-state index is 14.0. The average molecular weight is 595 g/mol. The Balaban J connectivity index is 1.44. The number of ether oxygens (including phenoxy) is 2. The lowest BCUT2D eigenvalue weighted by molar-refractivity contribution is -0.135. The monoisotopic (exact) mass is 594 g/mol. The van der Waals surface area contributed by atoms with Crippen LogP contribution in [0.1, 0.15) is 50.0 Å². The number of methoxy groups -OCH3 is 1. The smallest absolute Gasteiger partial charge is 0.297 e.